The molecule has 1 unspecified atom stereocenters. The first-order chi connectivity index (χ1) is 6.19. The van der Waals surface area contributed by atoms with Crippen molar-refractivity contribution in [1.82, 2.24) is 10.2 Å². The second kappa shape index (κ2) is 4.23. The van der Waals surface area contributed by atoms with Crippen molar-refractivity contribution in [1.29, 1.82) is 0 Å². The van der Waals surface area contributed by atoms with Crippen LogP contribution in [-0.2, 0) is 9.53 Å². The second-order valence-electron chi connectivity index (χ2n) is 2.74. The number of hydrogen-bond donors (Lipinski definition) is 1. The van der Waals surface area contributed by atoms with Crippen molar-refractivity contribution in [2.75, 3.05) is 13.2 Å². The summed E-state index contributed by atoms with van der Waals surface area (Å²) in [5.41, 5.74) is 0. The summed E-state index contributed by atoms with van der Waals surface area (Å²) in [6, 6.07) is -0.364. The molecule has 0 aromatic rings. The maximum Gasteiger partial charge on any atom is 0.326 e. The molecule has 0 radical (unpaired) electrons. The number of hydrogen-bond acceptors (Lipinski definition) is 3. The Bertz CT molecular complexity index is 199. The van der Waals surface area contributed by atoms with E-state index in [9.17, 15) is 9.59 Å². The second-order valence-corrected chi connectivity index (χ2v) is 2.74. The highest BCUT2D eigenvalue weighted by molar-refractivity contribution is 5.97. The third-order valence-corrected chi connectivity index (χ3v) is 1.87. The van der Waals surface area contributed by atoms with Crippen molar-refractivity contribution >= 4 is 11.9 Å². The van der Waals surface area contributed by atoms with Gasteiger partial charge in [-0.3, -0.25) is 9.69 Å². The minimum absolute atomic E-state index is 0.176. The van der Waals surface area contributed by atoms with E-state index < -0.39 is 6.23 Å². The van der Waals surface area contributed by atoms with Gasteiger partial charge >= 0.3 is 6.03 Å². The molecule has 0 aromatic carbocycles. The molecule has 5 nitrogen and oxygen atoms in total. The van der Waals surface area contributed by atoms with Crippen LogP contribution in [0.25, 0.3) is 0 Å². The van der Waals surface area contributed by atoms with Crippen LogP contribution in [-0.4, -0.2) is 36.2 Å². The molecule has 0 saturated carbocycles. The molecule has 1 atom stereocenters. The fourth-order valence-corrected chi connectivity index (χ4v) is 1.27. The molecule has 1 aliphatic heterocycles. The van der Waals surface area contributed by atoms with E-state index in [4.69, 9.17) is 4.74 Å². The van der Waals surface area contributed by atoms with Crippen LogP contribution in [0.3, 0.4) is 0 Å². The molecule has 74 valence electrons. The standard InChI is InChI=1S/C8H14N2O3/c1-3-10-7(11)5-6(13-4-2)9-8(10)12/h6H,3-5H2,1-2H3,(H,9,12). The molecule has 13 heavy (non-hydrogen) atoms. The Labute approximate surface area is 77.0 Å². The number of nitrogens with one attached hydrogen (secondary N) is 1. The number of carbonyl (C=O) groups excluding carboxylic acids is 2. The van der Waals surface area contributed by atoms with Gasteiger partial charge in [0.1, 0.15) is 6.23 Å². The quantitative estimate of drug-likeness (QED) is 0.690. The van der Waals surface area contributed by atoms with Gasteiger partial charge in [0.25, 0.3) is 0 Å². The fraction of sp³-hybridized carbons (Fsp3) is 0.750. The molecular weight excluding hydrogens is 172 g/mol. The molecule has 1 rings (SSSR count). The van der Waals surface area contributed by atoms with Gasteiger partial charge in [-0.25, -0.2) is 4.79 Å². The number of amides is 3. The summed E-state index contributed by atoms with van der Waals surface area (Å²) in [5, 5.41) is 2.59. The average Bonchev–Trinajstić information content (AvgIpc) is 2.04. The first-order valence-corrected chi connectivity index (χ1v) is 4.41. The Morgan fingerprint density at radius 1 is 1.54 bits per heavy atom. The van der Waals surface area contributed by atoms with Gasteiger partial charge in [-0.15, -0.1) is 0 Å². The number of urea groups is 1. The third-order valence-electron chi connectivity index (χ3n) is 1.87. The Hall–Kier alpha value is -1.10. The van der Waals surface area contributed by atoms with Crippen LogP contribution in [0, 0.1) is 0 Å². The molecule has 1 heterocycles. The van der Waals surface area contributed by atoms with Crippen molar-refractivity contribution in [3.63, 3.8) is 0 Å². The number of ether oxygens (including phenoxy) is 1. The summed E-state index contributed by atoms with van der Waals surface area (Å²) in [5.74, 6) is -0.176. The topological polar surface area (TPSA) is 58.6 Å². The highest BCUT2D eigenvalue weighted by Gasteiger charge is 2.30. The van der Waals surface area contributed by atoms with Crippen molar-refractivity contribution in [3.05, 3.63) is 0 Å². The summed E-state index contributed by atoms with van der Waals surface area (Å²) >= 11 is 0. The molecular formula is C8H14N2O3. The van der Waals surface area contributed by atoms with Gasteiger partial charge < -0.3 is 10.1 Å². The number of imide groups is 1. The van der Waals surface area contributed by atoms with Gasteiger partial charge in [0.15, 0.2) is 0 Å². The number of carbonyl (C=O) groups is 2. The van der Waals surface area contributed by atoms with Gasteiger partial charge in [-0.1, -0.05) is 0 Å². The molecule has 0 aliphatic carbocycles. The van der Waals surface area contributed by atoms with Gasteiger partial charge in [-0.05, 0) is 13.8 Å². The van der Waals surface area contributed by atoms with Crippen LogP contribution in [0.4, 0.5) is 4.79 Å². The third kappa shape index (κ3) is 2.18. The largest absolute Gasteiger partial charge is 0.358 e. The predicted molar refractivity (Wildman–Crippen MR) is 45.9 cm³/mol. The van der Waals surface area contributed by atoms with Gasteiger partial charge in [0.05, 0.1) is 6.42 Å². The zero-order valence-corrected chi connectivity index (χ0v) is 7.87. The Kier molecular flexibility index (Phi) is 3.25. The van der Waals surface area contributed by atoms with Crippen LogP contribution in [0.5, 0.6) is 0 Å². The van der Waals surface area contributed by atoms with E-state index in [0.29, 0.717) is 13.2 Å². The summed E-state index contributed by atoms with van der Waals surface area (Å²) < 4.78 is 5.14. The maximum atomic E-state index is 11.3. The van der Waals surface area contributed by atoms with E-state index >= 15 is 0 Å². The molecule has 5 heteroatoms. The molecule has 1 saturated heterocycles. The number of rotatable bonds is 3. The number of nitrogens with zero attached hydrogens (tertiary/aromatic N) is 1. The summed E-state index contributed by atoms with van der Waals surface area (Å²) in [6.45, 7) is 4.48. The molecule has 1 aliphatic rings. The lowest BCUT2D eigenvalue weighted by molar-refractivity contribution is -0.134. The first-order valence-electron chi connectivity index (χ1n) is 4.41. The van der Waals surface area contributed by atoms with Gasteiger partial charge in [-0.2, -0.15) is 0 Å². The van der Waals surface area contributed by atoms with Crippen LogP contribution in [0.1, 0.15) is 20.3 Å². The smallest absolute Gasteiger partial charge is 0.326 e. The molecule has 1 N–H and O–H groups in total. The highest BCUT2D eigenvalue weighted by Crippen LogP contribution is 2.07. The van der Waals surface area contributed by atoms with E-state index in [-0.39, 0.29) is 18.4 Å². The van der Waals surface area contributed by atoms with Gasteiger partial charge in [0.2, 0.25) is 5.91 Å². The van der Waals surface area contributed by atoms with Gasteiger partial charge in [0, 0.05) is 13.2 Å². The molecule has 0 spiro atoms. The lowest BCUT2D eigenvalue weighted by Gasteiger charge is -2.30. The SMILES string of the molecule is CCOC1CC(=O)N(CC)C(=O)N1. The van der Waals surface area contributed by atoms with Crippen LogP contribution < -0.4 is 5.32 Å². The zero-order valence-electron chi connectivity index (χ0n) is 7.87. The monoisotopic (exact) mass is 186 g/mol. The Balaban J connectivity index is 2.56. The van der Waals surface area contributed by atoms with Crippen molar-refractivity contribution in [3.8, 4) is 0 Å². The minimum Gasteiger partial charge on any atom is -0.358 e. The van der Waals surface area contributed by atoms with Crippen molar-refractivity contribution < 1.29 is 14.3 Å². The molecule has 3 amide bonds. The normalized spacial score (nSPS) is 23.2. The van der Waals surface area contributed by atoms with Crippen molar-refractivity contribution in [2.24, 2.45) is 0 Å². The fourth-order valence-electron chi connectivity index (χ4n) is 1.27. The van der Waals surface area contributed by atoms with E-state index in [1.54, 1.807) is 6.92 Å². The lowest BCUT2D eigenvalue weighted by atomic mass is 10.3. The molecule has 0 aromatic heterocycles. The Morgan fingerprint density at radius 2 is 2.23 bits per heavy atom. The van der Waals surface area contributed by atoms with Crippen LogP contribution in [0.2, 0.25) is 0 Å². The Morgan fingerprint density at radius 3 is 2.69 bits per heavy atom. The van der Waals surface area contributed by atoms with Crippen molar-refractivity contribution in [2.45, 2.75) is 26.5 Å². The van der Waals surface area contributed by atoms with E-state index in [1.165, 1.54) is 4.90 Å². The average molecular weight is 186 g/mol. The maximum absolute atomic E-state index is 11.3. The summed E-state index contributed by atoms with van der Waals surface area (Å²) in [4.78, 5) is 23.7. The molecule has 0 bridgehead atoms. The first kappa shape index (κ1) is 9.98. The van der Waals surface area contributed by atoms with E-state index in [0.717, 1.165) is 0 Å². The van der Waals surface area contributed by atoms with Crippen LogP contribution >= 0.6 is 0 Å². The van der Waals surface area contributed by atoms with Crippen LogP contribution in [0.15, 0.2) is 0 Å². The van der Waals surface area contributed by atoms with E-state index in [1.807, 2.05) is 6.92 Å². The highest BCUT2D eigenvalue weighted by atomic mass is 16.5. The van der Waals surface area contributed by atoms with E-state index in [2.05, 4.69) is 5.32 Å². The molecule has 1 fully saturated rings. The predicted octanol–water partition coefficient (Wildman–Crippen LogP) is 0.311. The summed E-state index contributed by atoms with van der Waals surface area (Å²) in [7, 11) is 0. The zero-order chi connectivity index (χ0) is 9.84. The summed E-state index contributed by atoms with van der Waals surface area (Å²) in [6.07, 6.45) is -0.222. The lowest BCUT2D eigenvalue weighted by Crippen LogP contribution is -2.55. The minimum atomic E-state index is -0.451.